The maximum absolute atomic E-state index is 6.23. The monoisotopic (exact) mass is 374 g/mol. The molecule has 0 unspecified atom stereocenters. The first-order chi connectivity index (χ1) is 10.3. The van der Waals surface area contributed by atoms with Crippen molar-refractivity contribution < 1.29 is 0 Å². The molecule has 0 saturated carbocycles. The van der Waals surface area contributed by atoms with Crippen molar-refractivity contribution >= 4 is 51.4 Å². The van der Waals surface area contributed by atoms with Crippen LogP contribution in [0.1, 0.15) is 0 Å². The first-order valence-electron chi connectivity index (χ1n) is 6.61. The number of hydrogen-bond donors (Lipinski definition) is 0. The van der Waals surface area contributed by atoms with Gasteiger partial charge in [0, 0.05) is 14.8 Å². The van der Waals surface area contributed by atoms with E-state index in [1.807, 2.05) is 12.1 Å². The zero-order chi connectivity index (χ0) is 14.7. The molecular formula is C18H13BrClP. The Morgan fingerprint density at radius 2 is 1.24 bits per heavy atom. The van der Waals surface area contributed by atoms with Crippen LogP contribution in [0.25, 0.3) is 0 Å². The molecule has 0 atom stereocenters. The lowest BCUT2D eigenvalue weighted by Crippen LogP contribution is -2.21. The molecule has 0 heterocycles. The van der Waals surface area contributed by atoms with Crippen molar-refractivity contribution in [3.63, 3.8) is 0 Å². The molecule has 0 amide bonds. The van der Waals surface area contributed by atoms with Crippen molar-refractivity contribution in [2.45, 2.75) is 0 Å². The van der Waals surface area contributed by atoms with Gasteiger partial charge < -0.3 is 0 Å². The molecule has 0 N–H and O–H groups in total. The molecule has 0 radical (unpaired) electrons. The van der Waals surface area contributed by atoms with Crippen LogP contribution in [-0.4, -0.2) is 0 Å². The van der Waals surface area contributed by atoms with E-state index in [0.717, 1.165) is 9.50 Å². The highest BCUT2D eigenvalue weighted by atomic mass is 79.9. The number of hydrogen-bond acceptors (Lipinski definition) is 0. The summed E-state index contributed by atoms with van der Waals surface area (Å²) in [6.07, 6.45) is 0. The zero-order valence-corrected chi connectivity index (χ0v) is 14.4. The largest absolute Gasteiger partial charge is 0.0843 e. The van der Waals surface area contributed by atoms with Gasteiger partial charge in [-0.15, -0.1) is 0 Å². The summed E-state index contributed by atoms with van der Waals surface area (Å²) in [5.41, 5.74) is 0. The highest BCUT2D eigenvalue weighted by Crippen LogP contribution is 2.36. The summed E-state index contributed by atoms with van der Waals surface area (Å²) < 4.78 is 1.10. The molecule has 0 bridgehead atoms. The molecule has 0 aromatic heterocycles. The molecule has 0 spiro atoms. The molecule has 0 aliphatic heterocycles. The molecule has 0 fully saturated rings. The smallest absolute Gasteiger partial charge is 0.0413 e. The van der Waals surface area contributed by atoms with Gasteiger partial charge in [-0.05, 0) is 36.7 Å². The van der Waals surface area contributed by atoms with Gasteiger partial charge in [0.15, 0.2) is 0 Å². The van der Waals surface area contributed by atoms with Crippen molar-refractivity contribution in [2.75, 3.05) is 0 Å². The van der Waals surface area contributed by atoms with Crippen LogP contribution in [0.3, 0.4) is 0 Å². The van der Waals surface area contributed by atoms with E-state index < -0.39 is 7.92 Å². The average Bonchev–Trinajstić information content (AvgIpc) is 2.53. The van der Waals surface area contributed by atoms with Crippen LogP contribution in [0, 0.1) is 0 Å². The summed E-state index contributed by atoms with van der Waals surface area (Å²) in [5.74, 6) is 0. The molecule has 3 aromatic carbocycles. The van der Waals surface area contributed by atoms with Crippen molar-refractivity contribution in [1.29, 1.82) is 0 Å². The number of benzene rings is 3. The van der Waals surface area contributed by atoms with Crippen LogP contribution < -0.4 is 15.9 Å². The summed E-state index contributed by atoms with van der Waals surface area (Å²) in [6, 6.07) is 27.2. The standard InChI is InChI=1S/C18H13BrClP/c19-17-12-11-14(20)13-18(17)21(15-7-3-1-4-8-15)16-9-5-2-6-10-16/h1-13H. The van der Waals surface area contributed by atoms with Crippen LogP contribution in [0.15, 0.2) is 83.3 Å². The molecule has 0 saturated heterocycles. The zero-order valence-electron chi connectivity index (χ0n) is 11.2. The van der Waals surface area contributed by atoms with Gasteiger partial charge in [-0.3, -0.25) is 0 Å². The van der Waals surface area contributed by atoms with Crippen LogP contribution >= 0.6 is 35.5 Å². The Labute approximate surface area is 139 Å². The minimum atomic E-state index is -0.614. The Bertz CT molecular complexity index is 689. The third-order valence-corrected chi connectivity index (χ3v) is 6.89. The number of halogens is 2. The molecule has 104 valence electrons. The van der Waals surface area contributed by atoms with Crippen LogP contribution in [0.5, 0.6) is 0 Å². The molecule has 0 nitrogen and oxygen atoms in total. The fraction of sp³-hybridized carbons (Fsp3) is 0. The fourth-order valence-corrected chi connectivity index (χ4v) is 5.62. The summed E-state index contributed by atoms with van der Waals surface area (Å²) in [4.78, 5) is 0. The van der Waals surface area contributed by atoms with Crippen LogP contribution in [0.2, 0.25) is 5.02 Å². The Hall–Kier alpha value is -1.14. The molecular weight excluding hydrogens is 363 g/mol. The Morgan fingerprint density at radius 3 is 1.76 bits per heavy atom. The average molecular weight is 376 g/mol. The fourth-order valence-electron chi connectivity index (χ4n) is 2.24. The summed E-state index contributed by atoms with van der Waals surface area (Å²) in [7, 11) is -0.614. The van der Waals surface area contributed by atoms with Gasteiger partial charge >= 0.3 is 0 Å². The maximum Gasteiger partial charge on any atom is 0.0413 e. The van der Waals surface area contributed by atoms with Gasteiger partial charge in [0.25, 0.3) is 0 Å². The van der Waals surface area contributed by atoms with Gasteiger partial charge in [-0.2, -0.15) is 0 Å². The molecule has 3 rings (SSSR count). The van der Waals surface area contributed by atoms with E-state index in [1.54, 1.807) is 0 Å². The third-order valence-electron chi connectivity index (χ3n) is 3.18. The minimum Gasteiger partial charge on any atom is -0.0843 e. The van der Waals surface area contributed by atoms with E-state index in [0.29, 0.717) is 0 Å². The SMILES string of the molecule is Clc1ccc(Br)c(P(c2ccccc2)c2ccccc2)c1. The lowest BCUT2D eigenvalue weighted by Gasteiger charge is -2.20. The maximum atomic E-state index is 6.23. The Morgan fingerprint density at radius 1 is 0.714 bits per heavy atom. The molecule has 0 aliphatic carbocycles. The summed E-state index contributed by atoms with van der Waals surface area (Å²) in [6.45, 7) is 0. The van der Waals surface area contributed by atoms with E-state index in [1.165, 1.54) is 15.9 Å². The quantitative estimate of drug-likeness (QED) is 0.574. The third kappa shape index (κ3) is 3.37. The van der Waals surface area contributed by atoms with Crippen molar-refractivity contribution in [2.24, 2.45) is 0 Å². The number of rotatable bonds is 3. The first-order valence-corrected chi connectivity index (χ1v) is 9.12. The second-order valence-corrected chi connectivity index (χ2v) is 8.08. The van der Waals surface area contributed by atoms with Gasteiger partial charge in [-0.1, -0.05) is 88.2 Å². The van der Waals surface area contributed by atoms with E-state index >= 15 is 0 Å². The molecule has 3 heteroatoms. The second kappa shape index (κ2) is 6.75. The van der Waals surface area contributed by atoms with Gasteiger partial charge in [0.1, 0.15) is 0 Å². The molecule has 0 aliphatic rings. The van der Waals surface area contributed by atoms with Crippen molar-refractivity contribution in [3.05, 3.63) is 88.4 Å². The topological polar surface area (TPSA) is 0 Å². The predicted octanol–water partition coefficient (Wildman–Crippen LogP) is 4.86. The lowest BCUT2D eigenvalue weighted by atomic mass is 10.3. The molecule has 21 heavy (non-hydrogen) atoms. The van der Waals surface area contributed by atoms with Gasteiger partial charge in [0.05, 0.1) is 0 Å². The van der Waals surface area contributed by atoms with Gasteiger partial charge in [-0.25, -0.2) is 0 Å². The van der Waals surface area contributed by atoms with E-state index in [4.69, 9.17) is 11.6 Å². The van der Waals surface area contributed by atoms with Crippen LogP contribution in [-0.2, 0) is 0 Å². The summed E-state index contributed by atoms with van der Waals surface area (Å²) in [5, 5.41) is 4.66. The van der Waals surface area contributed by atoms with Crippen molar-refractivity contribution in [3.8, 4) is 0 Å². The van der Waals surface area contributed by atoms with E-state index in [2.05, 4.69) is 82.7 Å². The van der Waals surface area contributed by atoms with E-state index in [9.17, 15) is 0 Å². The summed E-state index contributed by atoms with van der Waals surface area (Å²) >= 11 is 9.91. The Kier molecular flexibility index (Phi) is 4.75. The van der Waals surface area contributed by atoms with E-state index in [-0.39, 0.29) is 0 Å². The second-order valence-electron chi connectivity index (χ2n) is 4.60. The minimum absolute atomic E-state index is 0.614. The first kappa shape index (κ1) is 14.8. The van der Waals surface area contributed by atoms with Crippen molar-refractivity contribution in [1.82, 2.24) is 0 Å². The molecule has 3 aromatic rings. The highest BCUT2D eigenvalue weighted by Gasteiger charge is 2.18. The van der Waals surface area contributed by atoms with Crippen LogP contribution in [0.4, 0.5) is 0 Å². The lowest BCUT2D eigenvalue weighted by molar-refractivity contribution is 1.70. The van der Waals surface area contributed by atoms with Gasteiger partial charge in [0.2, 0.25) is 0 Å². The normalized spacial score (nSPS) is 10.8. The predicted molar refractivity (Wildman–Crippen MR) is 97.9 cm³/mol. The Balaban J connectivity index is 2.20. The highest BCUT2D eigenvalue weighted by molar-refractivity contribution is 9.10.